The van der Waals surface area contributed by atoms with Crippen molar-refractivity contribution in [2.24, 2.45) is 0 Å². The molecule has 4 rings (SSSR count). The van der Waals surface area contributed by atoms with Gasteiger partial charge in [-0.2, -0.15) is 0 Å². The van der Waals surface area contributed by atoms with Crippen LogP contribution >= 0.6 is 0 Å². The molecule has 0 bridgehead atoms. The van der Waals surface area contributed by atoms with Crippen LogP contribution in [-0.4, -0.2) is 0 Å². The van der Waals surface area contributed by atoms with Crippen LogP contribution in [0.1, 0.15) is 5.56 Å². The van der Waals surface area contributed by atoms with E-state index >= 15 is 0 Å². The number of fused-ring (bicyclic) bond motifs is 5. The Morgan fingerprint density at radius 1 is 0.650 bits per heavy atom. The normalized spacial score (nSPS) is 10.9. The molecule has 0 nitrogen and oxygen atoms in total. The second kappa shape index (κ2) is 4.11. The first-order chi connectivity index (χ1) is 9.86. The summed E-state index contributed by atoms with van der Waals surface area (Å²) in [6.07, 6.45) is 5.55. The van der Waals surface area contributed by atoms with E-state index < -0.39 is 0 Å². The van der Waals surface area contributed by atoms with Gasteiger partial charge in [0.05, 0.1) is 0 Å². The molecule has 0 atom stereocenters. The van der Waals surface area contributed by atoms with E-state index in [0.717, 1.165) is 5.56 Å². The average molecular weight is 252 g/mol. The third-order valence-corrected chi connectivity index (χ3v) is 3.89. The summed E-state index contributed by atoms with van der Waals surface area (Å²) in [6, 6.07) is 23.4. The van der Waals surface area contributed by atoms with Crippen molar-refractivity contribution in [3.8, 4) is 12.3 Å². The largest absolute Gasteiger partial charge is 0.115 e. The highest BCUT2D eigenvalue weighted by Gasteiger charge is 2.05. The summed E-state index contributed by atoms with van der Waals surface area (Å²) < 4.78 is 0. The molecular formula is C20H12. The summed E-state index contributed by atoms with van der Waals surface area (Å²) in [6.45, 7) is 0. The minimum Gasteiger partial charge on any atom is -0.115 e. The Balaban J connectivity index is 2.33. The van der Waals surface area contributed by atoms with Crippen molar-refractivity contribution in [3.05, 3.63) is 72.3 Å². The number of hydrogen-bond donors (Lipinski definition) is 0. The molecule has 0 amide bonds. The minimum atomic E-state index is 0.929. The first-order valence-corrected chi connectivity index (χ1v) is 6.68. The van der Waals surface area contributed by atoms with Gasteiger partial charge in [-0.3, -0.25) is 0 Å². The Morgan fingerprint density at radius 3 is 2.10 bits per heavy atom. The van der Waals surface area contributed by atoms with Crippen LogP contribution in [0.25, 0.3) is 32.3 Å². The molecule has 0 aliphatic rings. The fourth-order valence-corrected chi connectivity index (χ4v) is 2.92. The third-order valence-electron chi connectivity index (χ3n) is 3.89. The predicted molar refractivity (Wildman–Crippen MR) is 86.9 cm³/mol. The molecule has 0 heteroatoms. The number of terminal acetylenes is 1. The monoisotopic (exact) mass is 252 g/mol. The van der Waals surface area contributed by atoms with Crippen molar-refractivity contribution in [2.45, 2.75) is 0 Å². The summed E-state index contributed by atoms with van der Waals surface area (Å²) in [5.41, 5.74) is 0.929. The number of benzene rings is 4. The van der Waals surface area contributed by atoms with Gasteiger partial charge in [-0.05, 0) is 44.5 Å². The van der Waals surface area contributed by atoms with Crippen molar-refractivity contribution in [3.63, 3.8) is 0 Å². The quantitative estimate of drug-likeness (QED) is 0.301. The molecule has 0 aliphatic carbocycles. The summed E-state index contributed by atoms with van der Waals surface area (Å²) >= 11 is 0. The van der Waals surface area contributed by atoms with E-state index in [4.69, 9.17) is 6.42 Å². The topological polar surface area (TPSA) is 0 Å². The molecule has 0 unspecified atom stereocenters. The van der Waals surface area contributed by atoms with Crippen molar-refractivity contribution < 1.29 is 0 Å². The Hall–Kier alpha value is -2.78. The molecular weight excluding hydrogens is 240 g/mol. The van der Waals surface area contributed by atoms with Crippen LogP contribution in [0.2, 0.25) is 0 Å². The van der Waals surface area contributed by atoms with E-state index in [-0.39, 0.29) is 0 Å². The number of rotatable bonds is 0. The lowest BCUT2D eigenvalue weighted by Gasteiger charge is -2.08. The zero-order chi connectivity index (χ0) is 13.5. The van der Waals surface area contributed by atoms with Crippen molar-refractivity contribution in [1.29, 1.82) is 0 Å². The van der Waals surface area contributed by atoms with Crippen LogP contribution in [0.4, 0.5) is 0 Å². The molecule has 0 spiro atoms. The molecule has 0 aliphatic heterocycles. The third kappa shape index (κ3) is 1.51. The zero-order valence-electron chi connectivity index (χ0n) is 10.9. The van der Waals surface area contributed by atoms with E-state index in [9.17, 15) is 0 Å². The smallest absolute Gasteiger partial charge is 0.0249 e. The van der Waals surface area contributed by atoms with Gasteiger partial charge in [0, 0.05) is 5.56 Å². The molecule has 0 N–H and O–H groups in total. The maximum Gasteiger partial charge on any atom is 0.0249 e. The lowest BCUT2D eigenvalue weighted by atomic mass is 9.95. The second-order valence-electron chi connectivity index (χ2n) is 5.03. The highest BCUT2D eigenvalue weighted by molar-refractivity contribution is 6.20. The summed E-state index contributed by atoms with van der Waals surface area (Å²) in [5.74, 6) is 2.73. The lowest BCUT2D eigenvalue weighted by molar-refractivity contribution is 1.72. The van der Waals surface area contributed by atoms with Gasteiger partial charge in [0.2, 0.25) is 0 Å². The molecule has 20 heavy (non-hydrogen) atoms. The Labute approximate surface area is 117 Å². The SMILES string of the molecule is C#Cc1ccc2ccc3ccc4ccccc4c3c2c1. The highest BCUT2D eigenvalue weighted by atomic mass is 14.1. The van der Waals surface area contributed by atoms with Gasteiger partial charge in [-0.15, -0.1) is 6.42 Å². The lowest BCUT2D eigenvalue weighted by Crippen LogP contribution is -1.82. The van der Waals surface area contributed by atoms with Gasteiger partial charge in [-0.25, -0.2) is 0 Å². The average Bonchev–Trinajstić information content (AvgIpc) is 2.53. The molecule has 0 saturated heterocycles. The van der Waals surface area contributed by atoms with Crippen LogP contribution in [0.3, 0.4) is 0 Å². The van der Waals surface area contributed by atoms with Crippen LogP contribution in [0, 0.1) is 12.3 Å². The summed E-state index contributed by atoms with van der Waals surface area (Å²) in [7, 11) is 0. The van der Waals surface area contributed by atoms with Gasteiger partial charge in [0.15, 0.2) is 0 Å². The summed E-state index contributed by atoms with van der Waals surface area (Å²) in [4.78, 5) is 0. The molecule has 0 saturated carbocycles. The summed E-state index contributed by atoms with van der Waals surface area (Å²) in [5, 5.41) is 7.55. The van der Waals surface area contributed by atoms with Gasteiger partial charge in [-0.1, -0.05) is 60.5 Å². The molecule has 0 fully saturated rings. The van der Waals surface area contributed by atoms with Crippen LogP contribution in [-0.2, 0) is 0 Å². The maximum absolute atomic E-state index is 5.55. The molecule has 0 aromatic heterocycles. The van der Waals surface area contributed by atoms with E-state index in [1.807, 2.05) is 6.07 Å². The molecule has 4 aromatic carbocycles. The van der Waals surface area contributed by atoms with Crippen LogP contribution < -0.4 is 0 Å². The maximum atomic E-state index is 5.55. The Kier molecular flexibility index (Phi) is 2.28. The first-order valence-electron chi connectivity index (χ1n) is 6.68. The van der Waals surface area contributed by atoms with E-state index in [2.05, 4.69) is 66.6 Å². The Morgan fingerprint density at radius 2 is 1.30 bits per heavy atom. The molecule has 4 aromatic rings. The zero-order valence-corrected chi connectivity index (χ0v) is 10.9. The fourth-order valence-electron chi connectivity index (χ4n) is 2.92. The van der Waals surface area contributed by atoms with Crippen molar-refractivity contribution in [1.82, 2.24) is 0 Å². The van der Waals surface area contributed by atoms with Gasteiger partial charge >= 0.3 is 0 Å². The minimum absolute atomic E-state index is 0.929. The standard InChI is InChI=1S/C20H12/c1-2-14-7-8-16-10-12-17-11-9-15-5-3-4-6-18(15)20(17)19(16)13-14/h1,3-13H. The van der Waals surface area contributed by atoms with E-state index in [1.165, 1.54) is 32.3 Å². The highest BCUT2D eigenvalue weighted by Crippen LogP contribution is 2.32. The van der Waals surface area contributed by atoms with Crippen molar-refractivity contribution in [2.75, 3.05) is 0 Å². The molecule has 0 heterocycles. The molecule has 0 radical (unpaired) electrons. The Bertz CT molecular complexity index is 995. The van der Waals surface area contributed by atoms with Crippen molar-refractivity contribution >= 4 is 32.3 Å². The van der Waals surface area contributed by atoms with E-state index in [0.29, 0.717) is 0 Å². The van der Waals surface area contributed by atoms with Gasteiger partial charge < -0.3 is 0 Å². The van der Waals surface area contributed by atoms with Crippen LogP contribution in [0.15, 0.2) is 66.7 Å². The fraction of sp³-hybridized carbons (Fsp3) is 0. The first kappa shape index (κ1) is 11.1. The second-order valence-corrected chi connectivity index (χ2v) is 5.03. The van der Waals surface area contributed by atoms with Gasteiger partial charge in [0.1, 0.15) is 0 Å². The number of hydrogen-bond acceptors (Lipinski definition) is 0. The van der Waals surface area contributed by atoms with E-state index in [1.54, 1.807) is 0 Å². The van der Waals surface area contributed by atoms with Gasteiger partial charge in [0.25, 0.3) is 0 Å². The molecule has 92 valence electrons. The predicted octanol–water partition coefficient (Wildman–Crippen LogP) is 5.13. The van der Waals surface area contributed by atoms with Crippen LogP contribution in [0.5, 0.6) is 0 Å².